The fourth-order valence-corrected chi connectivity index (χ4v) is 3.39. The lowest BCUT2D eigenvalue weighted by atomic mass is 10.0. The maximum Gasteiger partial charge on any atom is 0.0357 e. The van der Waals surface area contributed by atoms with Crippen LogP contribution in [0.25, 0.3) is 0 Å². The molecule has 1 aliphatic heterocycles. The van der Waals surface area contributed by atoms with Crippen LogP contribution in [-0.2, 0) is 6.54 Å². The average Bonchev–Trinajstić information content (AvgIpc) is 2.84. The normalized spacial score (nSPS) is 37.4. The zero-order chi connectivity index (χ0) is 11.2. The van der Waals surface area contributed by atoms with Gasteiger partial charge in [-0.05, 0) is 24.3 Å². The summed E-state index contributed by atoms with van der Waals surface area (Å²) in [4.78, 5) is 2.57. The minimum absolute atomic E-state index is 0.156. The van der Waals surface area contributed by atoms with Gasteiger partial charge in [0.1, 0.15) is 0 Å². The van der Waals surface area contributed by atoms with Gasteiger partial charge in [0.25, 0.3) is 0 Å². The van der Waals surface area contributed by atoms with E-state index < -0.39 is 0 Å². The Morgan fingerprint density at radius 1 is 1.38 bits per heavy atom. The fourth-order valence-electron chi connectivity index (χ4n) is 3.39. The third kappa shape index (κ3) is 1.48. The van der Waals surface area contributed by atoms with Crippen LogP contribution in [0.2, 0.25) is 0 Å². The van der Waals surface area contributed by atoms with Crippen molar-refractivity contribution in [1.29, 1.82) is 0 Å². The van der Waals surface area contributed by atoms with Crippen molar-refractivity contribution in [3.05, 3.63) is 35.9 Å². The molecule has 2 N–H and O–H groups in total. The van der Waals surface area contributed by atoms with Crippen molar-refractivity contribution in [1.82, 2.24) is 4.90 Å². The topological polar surface area (TPSA) is 29.3 Å². The third-order valence-corrected chi connectivity index (χ3v) is 4.33. The van der Waals surface area contributed by atoms with Gasteiger partial charge in [0.15, 0.2) is 0 Å². The molecule has 0 amide bonds. The van der Waals surface area contributed by atoms with Crippen LogP contribution in [0.3, 0.4) is 0 Å². The number of hydrogen-bond donors (Lipinski definition) is 1. The maximum atomic E-state index is 6.41. The summed E-state index contributed by atoms with van der Waals surface area (Å²) in [5, 5.41) is 0. The molecule has 1 aromatic rings. The largest absolute Gasteiger partial charge is 0.323 e. The molecule has 3 atom stereocenters. The molecule has 2 nitrogen and oxygen atoms in total. The summed E-state index contributed by atoms with van der Waals surface area (Å²) in [6.07, 6.45) is 2.43. The second kappa shape index (κ2) is 3.57. The Morgan fingerprint density at radius 3 is 2.81 bits per heavy atom. The Bertz CT molecular complexity index is 376. The molecule has 0 aromatic heterocycles. The quantitative estimate of drug-likeness (QED) is 0.837. The van der Waals surface area contributed by atoms with Crippen molar-refractivity contribution < 1.29 is 0 Å². The van der Waals surface area contributed by atoms with E-state index in [0.717, 1.165) is 12.5 Å². The molecule has 2 heteroatoms. The van der Waals surface area contributed by atoms with Crippen LogP contribution in [0, 0.1) is 5.92 Å². The lowest BCUT2D eigenvalue weighted by Crippen LogP contribution is -2.44. The zero-order valence-corrected chi connectivity index (χ0v) is 9.89. The van der Waals surface area contributed by atoms with E-state index in [-0.39, 0.29) is 5.54 Å². The van der Waals surface area contributed by atoms with Gasteiger partial charge in [-0.1, -0.05) is 37.3 Å². The average molecular weight is 216 g/mol. The molecule has 1 aliphatic carbocycles. The summed E-state index contributed by atoms with van der Waals surface area (Å²) in [6.45, 7) is 4.52. The van der Waals surface area contributed by atoms with E-state index in [1.807, 2.05) is 0 Å². The number of piperidine rings is 1. The van der Waals surface area contributed by atoms with E-state index in [2.05, 4.69) is 42.2 Å². The Morgan fingerprint density at radius 2 is 2.12 bits per heavy atom. The minimum Gasteiger partial charge on any atom is -0.323 e. The Labute approximate surface area is 97.4 Å². The van der Waals surface area contributed by atoms with Crippen molar-refractivity contribution >= 4 is 0 Å². The molecule has 0 bridgehead atoms. The van der Waals surface area contributed by atoms with Crippen LogP contribution in [0.5, 0.6) is 0 Å². The first-order valence-electron chi connectivity index (χ1n) is 6.31. The summed E-state index contributed by atoms with van der Waals surface area (Å²) < 4.78 is 0. The molecule has 3 unspecified atom stereocenters. The highest BCUT2D eigenvalue weighted by atomic mass is 15.3. The van der Waals surface area contributed by atoms with Crippen LogP contribution >= 0.6 is 0 Å². The van der Waals surface area contributed by atoms with Crippen LogP contribution in [-0.4, -0.2) is 23.0 Å². The van der Waals surface area contributed by atoms with Gasteiger partial charge in [0, 0.05) is 24.7 Å². The predicted octanol–water partition coefficient (Wildman–Crippen LogP) is 2.00. The fraction of sp³-hybridized carbons (Fsp3) is 0.571. The summed E-state index contributed by atoms with van der Waals surface area (Å²) >= 11 is 0. The van der Waals surface area contributed by atoms with Gasteiger partial charge in [-0.15, -0.1) is 0 Å². The van der Waals surface area contributed by atoms with E-state index >= 15 is 0 Å². The number of likely N-dealkylation sites (tertiary alicyclic amines) is 1. The van der Waals surface area contributed by atoms with Gasteiger partial charge in [-0.25, -0.2) is 0 Å². The van der Waals surface area contributed by atoms with Gasteiger partial charge in [0.2, 0.25) is 0 Å². The van der Waals surface area contributed by atoms with Crippen LogP contribution < -0.4 is 5.73 Å². The smallest absolute Gasteiger partial charge is 0.0357 e. The number of hydrogen-bond acceptors (Lipinski definition) is 2. The Balaban J connectivity index is 1.73. The van der Waals surface area contributed by atoms with E-state index in [0.29, 0.717) is 6.04 Å². The highest BCUT2D eigenvalue weighted by Crippen LogP contribution is 2.52. The van der Waals surface area contributed by atoms with Crippen LogP contribution in [0.1, 0.15) is 25.3 Å². The number of fused-ring (bicyclic) bond motifs is 1. The highest BCUT2D eigenvalue weighted by molar-refractivity contribution is 5.23. The van der Waals surface area contributed by atoms with E-state index in [4.69, 9.17) is 5.73 Å². The second-order valence-corrected chi connectivity index (χ2v) is 5.35. The lowest BCUT2D eigenvalue weighted by Gasteiger charge is -2.29. The Hall–Kier alpha value is -0.860. The molecule has 2 aliphatic rings. The van der Waals surface area contributed by atoms with Crippen molar-refractivity contribution in [2.24, 2.45) is 11.7 Å². The first kappa shape index (κ1) is 10.3. The van der Waals surface area contributed by atoms with E-state index in [1.54, 1.807) is 0 Å². The molecule has 86 valence electrons. The van der Waals surface area contributed by atoms with E-state index in [9.17, 15) is 0 Å². The van der Waals surface area contributed by atoms with Gasteiger partial charge in [0.05, 0.1) is 0 Å². The minimum atomic E-state index is 0.156. The molecular formula is C14H20N2. The van der Waals surface area contributed by atoms with Gasteiger partial charge < -0.3 is 5.73 Å². The maximum absolute atomic E-state index is 6.41. The molecule has 16 heavy (non-hydrogen) atoms. The van der Waals surface area contributed by atoms with Crippen molar-refractivity contribution in [3.63, 3.8) is 0 Å². The first-order chi connectivity index (χ1) is 7.74. The molecule has 1 saturated carbocycles. The Kier molecular flexibility index (Phi) is 2.30. The van der Waals surface area contributed by atoms with Gasteiger partial charge >= 0.3 is 0 Å². The molecule has 0 spiro atoms. The highest BCUT2D eigenvalue weighted by Gasteiger charge is 2.62. The first-order valence-corrected chi connectivity index (χ1v) is 6.31. The standard InChI is InChI=1S/C14H20N2/c1-2-13-14(15)8-12(14)10-16(13)9-11-6-4-3-5-7-11/h3-7,12-13H,2,8-10,15H2,1H3. The molecule has 1 saturated heterocycles. The zero-order valence-electron chi connectivity index (χ0n) is 9.89. The van der Waals surface area contributed by atoms with Gasteiger partial charge in [-0.2, -0.15) is 0 Å². The summed E-state index contributed by atoms with van der Waals surface area (Å²) in [7, 11) is 0. The molecule has 3 rings (SSSR count). The summed E-state index contributed by atoms with van der Waals surface area (Å²) in [6, 6.07) is 11.3. The predicted molar refractivity (Wildman–Crippen MR) is 66.0 cm³/mol. The van der Waals surface area contributed by atoms with E-state index in [1.165, 1.54) is 24.9 Å². The van der Waals surface area contributed by atoms with Crippen molar-refractivity contribution in [2.45, 2.75) is 37.9 Å². The monoisotopic (exact) mass is 216 g/mol. The van der Waals surface area contributed by atoms with Crippen molar-refractivity contribution in [3.8, 4) is 0 Å². The second-order valence-electron chi connectivity index (χ2n) is 5.35. The summed E-state index contributed by atoms with van der Waals surface area (Å²) in [5.41, 5.74) is 7.97. The number of nitrogens with two attached hydrogens (primary N) is 1. The van der Waals surface area contributed by atoms with Crippen LogP contribution in [0.4, 0.5) is 0 Å². The third-order valence-electron chi connectivity index (χ3n) is 4.33. The van der Waals surface area contributed by atoms with Gasteiger partial charge in [-0.3, -0.25) is 4.90 Å². The summed E-state index contributed by atoms with van der Waals surface area (Å²) in [5.74, 6) is 0.765. The number of rotatable bonds is 3. The molecule has 1 heterocycles. The SMILES string of the molecule is CCC1N(Cc2ccccc2)CC2CC21N. The van der Waals surface area contributed by atoms with Crippen molar-refractivity contribution in [2.75, 3.05) is 6.54 Å². The number of benzene rings is 1. The number of nitrogens with zero attached hydrogens (tertiary/aromatic N) is 1. The molecule has 1 aromatic carbocycles. The molecule has 0 radical (unpaired) electrons. The molecular weight excluding hydrogens is 196 g/mol. The lowest BCUT2D eigenvalue weighted by molar-refractivity contribution is 0.196. The van der Waals surface area contributed by atoms with Crippen LogP contribution in [0.15, 0.2) is 30.3 Å². The molecule has 2 fully saturated rings.